The molecule has 0 bridgehead atoms. The zero-order valence-corrected chi connectivity index (χ0v) is 26.7. The van der Waals surface area contributed by atoms with Gasteiger partial charge in [0.1, 0.15) is 0 Å². The van der Waals surface area contributed by atoms with Crippen molar-refractivity contribution in [3.63, 3.8) is 0 Å². The number of aryl methyl sites for hydroxylation is 2. The summed E-state index contributed by atoms with van der Waals surface area (Å²) in [5, 5.41) is 16.5. The molecule has 1 atom stereocenters. The highest BCUT2D eigenvalue weighted by Crippen LogP contribution is 2.27. The highest BCUT2D eigenvalue weighted by Gasteiger charge is 2.25. The van der Waals surface area contributed by atoms with Gasteiger partial charge >= 0.3 is 0 Å². The zero-order valence-electron chi connectivity index (χ0n) is 26.7. The van der Waals surface area contributed by atoms with Crippen LogP contribution in [0.5, 0.6) is 11.5 Å². The van der Waals surface area contributed by atoms with E-state index in [4.69, 9.17) is 4.74 Å². The number of hydrogen-bond donors (Lipinski definition) is 3. The topological polar surface area (TPSA) is 90.9 Å². The summed E-state index contributed by atoms with van der Waals surface area (Å²) in [5.41, 5.74) is 3.83. The van der Waals surface area contributed by atoms with Crippen molar-refractivity contribution in [2.45, 2.75) is 99.1 Å². The average molecular weight is 580 g/mol. The minimum atomic E-state index is -0.279. The second-order valence-corrected chi connectivity index (χ2v) is 11.4. The number of carbonyl (C=O) groups excluding carboxylic acids is 2. The molecule has 42 heavy (non-hydrogen) atoms. The van der Waals surface area contributed by atoms with Crippen LogP contribution in [-0.2, 0) is 16.1 Å². The number of likely N-dealkylation sites (N-methyl/N-ethyl adjacent to an activating group) is 1. The Hall–Kier alpha value is -3.32. The number of aromatic hydroxyl groups is 1. The number of phenols is 1. The van der Waals surface area contributed by atoms with Crippen LogP contribution in [0, 0.1) is 19.8 Å². The number of nitrogens with one attached hydrogen (secondary N) is 2. The van der Waals surface area contributed by atoms with Gasteiger partial charge in [0.2, 0.25) is 11.8 Å². The van der Waals surface area contributed by atoms with Crippen molar-refractivity contribution < 1.29 is 19.4 Å². The number of hydrogen-bond acceptors (Lipinski definition) is 5. The van der Waals surface area contributed by atoms with Gasteiger partial charge in [0.05, 0.1) is 12.6 Å². The number of para-hydroxylation sites is 1. The van der Waals surface area contributed by atoms with Crippen LogP contribution < -0.4 is 15.4 Å². The van der Waals surface area contributed by atoms with Gasteiger partial charge in [-0.05, 0) is 100 Å². The molecular formula is C35H53N3O4. The lowest BCUT2D eigenvalue weighted by molar-refractivity contribution is -0.122. The van der Waals surface area contributed by atoms with Crippen LogP contribution in [0.15, 0.2) is 48.6 Å². The normalized spacial score (nSPS) is 12.2. The van der Waals surface area contributed by atoms with Gasteiger partial charge in [0.15, 0.2) is 11.5 Å². The van der Waals surface area contributed by atoms with Crippen LogP contribution in [0.25, 0.3) is 0 Å². The summed E-state index contributed by atoms with van der Waals surface area (Å²) in [7, 11) is 0. The average Bonchev–Trinajstić information content (AvgIpc) is 2.95. The summed E-state index contributed by atoms with van der Waals surface area (Å²) in [6, 6.07) is 10.9. The first-order valence-electron chi connectivity index (χ1n) is 15.6. The third-order valence-electron chi connectivity index (χ3n) is 7.33. The molecule has 0 heterocycles. The van der Waals surface area contributed by atoms with Crippen LogP contribution in [-0.4, -0.2) is 47.6 Å². The SMILES string of the molecule is CCCN(CC)C(CCCOc1cc(CNC(=O)CCCC/C=C/C(C)C)ccc1O)C(=O)Nc1c(C)cccc1C. The summed E-state index contributed by atoms with van der Waals surface area (Å²) in [5.74, 6) is 1.02. The van der Waals surface area contributed by atoms with Gasteiger partial charge in [0.25, 0.3) is 0 Å². The first-order chi connectivity index (χ1) is 20.2. The molecule has 0 saturated carbocycles. The van der Waals surface area contributed by atoms with Crippen molar-refractivity contribution in [3.05, 3.63) is 65.2 Å². The molecule has 2 amide bonds. The Morgan fingerprint density at radius 2 is 1.79 bits per heavy atom. The number of ether oxygens (including phenoxy) is 1. The molecule has 0 aliphatic heterocycles. The van der Waals surface area contributed by atoms with Crippen molar-refractivity contribution >= 4 is 17.5 Å². The molecule has 0 aromatic heterocycles. The smallest absolute Gasteiger partial charge is 0.241 e. The number of anilines is 1. The van der Waals surface area contributed by atoms with E-state index in [1.54, 1.807) is 18.2 Å². The molecule has 0 aliphatic carbocycles. The maximum Gasteiger partial charge on any atom is 0.241 e. The van der Waals surface area contributed by atoms with E-state index >= 15 is 0 Å². The van der Waals surface area contributed by atoms with Crippen molar-refractivity contribution in [2.24, 2.45) is 5.92 Å². The Balaban J connectivity index is 1.89. The molecule has 232 valence electrons. The molecule has 2 rings (SSSR count). The molecule has 1 unspecified atom stereocenters. The van der Waals surface area contributed by atoms with E-state index in [1.807, 2.05) is 32.0 Å². The fraction of sp³-hybridized carbons (Fsp3) is 0.543. The highest BCUT2D eigenvalue weighted by molar-refractivity contribution is 5.96. The number of benzene rings is 2. The van der Waals surface area contributed by atoms with Crippen molar-refractivity contribution in [2.75, 3.05) is 25.0 Å². The first kappa shape index (κ1) is 34.9. The van der Waals surface area contributed by atoms with Crippen LogP contribution >= 0.6 is 0 Å². The van der Waals surface area contributed by atoms with Crippen molar-refractivity contribution in [1.82, 2.24) is 10.2 Å². The second kappa shape index (κ2) is 19.0. The largest absolute Gasteiger partial charge is 0.504 e. The number of rotatable bonds is 19. The number of allylic oxidation sites excluding steroid dienone is 2. The standard InChI is InChI=1S/C35H53N3O4/c1-7-22-38(8-2)30(35(41)37-34-27(5)16-13-17-28(34)6)18-14-23-42-32-24-29(20-21-31(32)39)25-36-33(40)19-12-10-9-11-15-26(3)4/h11,13,15-17,20-21,24,26,30,39H,7-10,12,14,18-19,22-23,25H2,1-6H3,(H,36,40)(H,37,41)/b15-11+. The van der Waals surface area contributed by atoms with Gasteiger partial charge in [-0.2, -0.15) is 0 Å². The summed E-state index contributed by atoms with van der Waals surface area (Å²) in [6.45, 7) is 14.9. The molecule has 7 nitrogen and oxygen atoms in total. The molecule has 0 fully saturated rings. The maximum atomic E-state index is 13.4. The lowest BCUT2D eigenvalue weighted by Crippen LogP contribution is -2.44. The predicted molar refractivity (Wildman–Crippen MR) is 173 cm³/mol. The molecule has 7 heteroatoms. The molecule has 0 aliphatic rings. The Bertz CT molecular complexity index is 1120. The Morgan fingerprint density at radius 1 is 1.05 bits per heavy atom. The van der Waals surface area contributed by atoms with Crippen molar-refractivity contribution in [3.8, 4) is 11.5 Å². The fourth-order valence-corrected chi connectivity index (χ4v) is 4.97. The van der Waals surface area contributed by atoms with E-state index < -0.39 is 0 Å². The third-order valence-corrected chi connectivity index (χ3v) is 7.33. The van der Waals surface area contributed by atoms with Gasteiger partial charge < -0.3 is 20.5 Å². The van der Waals surface area contributed by atoms with E-state index in [0.29, 0.717) is 44.1 Å². The fourth-order valence-electron chi connectivity index (χ4n) is 4.97. The number of carbonyl (C=O) groups is 2. The van der Waals surface area contributed by atoms with Gasteiger partial charge in [0, 0.05) is 18.7 Å². The van der Waals surface area contributed by atoms with Crippen LogP contribution in [0.2, 0.25) is 0 Å². The molecule has 0 saturated heterocycles. The Kier molecular flexibility index (Phi) is 15.8. The second-order valence-electron chi connectivity index (χ2n) is 11.4. The summed E-state index contributed by atoms with van der Waals surface area (Å²) in [6.07, 6.45) is 9.98. The van der Waals surface area contributed by atoms with E-state index in [0.717, 1.165) is 61.2 Å². The third kappa shape index (κ3) is 12.3. The minimum Gasteiger partial charge on any atom is -0.504 e. The van der Waals surface area contributed by atoms with E-state index in [2.05, 4.69) is 55.4 Å². The van der Waals surface area contributed by atoms with Gasteiger partial charge in [-0.25, -0.2) is 0 Å². The Morgan fingerprint density at radius 3 is 2.45 bits per heavy atom. The molecule has 3 N–H and O–H groups in total. The quantitative estimate of drug-likeness (QED) is 0.120. The molecular weight excluding hydrogens is 526 g/mol. The first-order valence-corrected chi connectivity index (χ1v) is 15.6. The lowest BCUT2D eigenvalue weighted by Gasteiger charge is -2.30. The zero-order chi connectivity index (χ0) is 30.9. The maximum absolute atomic E-state index is 13.4. The van der Waals surface area contributed by atoms with Gasteiger partial charge in [-0.15, -0.1) is 0 Å². The van der Waals surface area contributed by atoms with Gasteiger partial charge in [-0.3, -0.25) is 14.5 Å². The number of nitrogens with zero attached hydrogens (tertiary/aromatic N) is 1. The monoisotopic (exact) mass is 579 g/mol. The summed E-state index contributed by atoms with van der Waals surface area (Å²) < 4.78 is 5.94. The van der Waals surface area contributed by atoms with E-state index in [1.165, 1.54) is 0 Å². The van der Waals surface area contributed by atoms with E-state index in [-0.39, 0.29) is 23.6 Å². The van der Waals surface area contributed by atoms with Crippen molar-refractivity contribution in [1.29, 1.82) is 0 Å². The summed E-state index contributed by atoms with van der Waals surface area (Å²) in [4.78, 5) is 27.9. The van der Waals surface area contributed by atoms with Gasteiger partial charge in [-0.1, -0.05) is 64.1 Å². The Labute approximate surface area is 253 Å². The molecule has 0 spiro atoms. The molecule has 2 aromatic rings. The number of amides is 2. The molecule has 0 radical (unpaired) electrons. The van der Waals surface area contributed by atoms with Crippen LogP contribution in [0.3, 0.4) is 0 Å². The van der Waals surface area contributed by atoms with Crippen LogP contribution in [0.4, 0.5) is 5.69 Å². The minimum absolute atomic E-state index is 0.00434. The number of phenolic OH excluding ortho intramolecular Hbond substituents is 1. The van der Waals surface area contributed by atoms with Crippen LogP contribution in [0.1, 0.15) is 89.3 Å². The van der Waals surface area contributed by atoms with E-state index in [9.17, 15) is 14.7 Å². The highest BCUT2D eigenvalue weighted by atomic mass is 16.5. The predicted octanol–water partition coefficient (Wildman–Crippen LogP) is 7.30. The summed E-state index contributed by atoms with van der Waals surface area (Å²) >= 11 is 0. The molecule has 2 aromatic carbocycles. The lowest BCUT2D eigenvalue weighted by atomic mass is 10.1. The number of unbranched alkanes of at least 4 members (excludes halogenated alkanes) is 2.